The molecule has 0 radical (unpaired) electrons. The molecule has 8 nitrogen and oxygen atoms in total. The summed E-state index contributed by atoms with van der Waals surface area (Å²) in [5.74, 6) is -0.569. The maximum atomic E-state index is 13.9. The molecule has 42 heavy (non-hydrogen) atoms. The molecule has 0 aromatic heterocycles. The predicted octanol–water partition coefficient (Wildman–Crippen LogP) is 5.60. The van der Waals surface area contributed by atoms with E-state index in [4.69, 9.17) is 18.9 Å². The highest BCUT2D eigenvalue weighted by molar-refractivity contribution is 6.04. The Bertz CT molecular complexity index is 1570. The van der Waals surface area contributed by atoms with E-state index in [9.17, 15) is 14.4 Å². The summed E-state index contributed by atoms with van der Waals surface area (Å²) in [4.78, 5) is 39.7. The van der Waals surface area contributed by atoms with Crippen LogP contribution < -0.4 is 14.8 Å². The van der Waals surface area contributed by atoms with Crippen LogP contribution in [-0.4, -0.2) is 39.1 Å². The molecule has 216 valence electrons. The zero-order valence-electron chi connectivity index (χ0n) is 24.1. The Morgan fingerprint density at radius 2 is 1.52 bits per heavy atom. The molecule has 5 rings (SSSR count). The van der Waals surface area contributed by atoms with Crippen LogP contribution in [0.4, 0.5) is 0 Å². The topological polar surface area (TPSA) is 100 Å². The zero-order chi connectivity index (χ0) is 29.8. The third-order valence-corrected chi connectivity index (χ3v) is 7.80. The Morgan fingerprint density at radius 3 is 2.19 bits per heavy atom. The van der Waals surface area contributed by atoms with Crippen LogP contribution in [0, 0.1) is 0 Å². The minimum atomic E-state index is -0.657. The lowest BCUT2D eigenvalue weighted by molar-refractivity contribution is -0.140. The number of methoxy groups -OCH3 is 3. The number of esters is 2. The van der Waals surface area contributed by atoms with E-state index in [-0.39, 0.29) is 24.7 Å². The van der Waals surface area contributed by atoms with E-state index in [1.54, 1.807) is 38.5 Å². The molecule has 0 fully saturated rings. The van der Waals surface area contributed by atoms with Gasteiger partial charge in [-0.2, -0.15) is 0 Å². The number of dihydropyridines is 1. The molecule has 0 spiro atoms. The molecule has 0 amide bonds. The van der Waals surface area contributed by atoms with Gasteiger partial charge in [-0.1, -0.05) is 48.5 Å². The molecular weight excluding hydrogens is 534 g/mol. The molecule has 2 atom stereocenters. The molecule has 0 bridgehead atoms. The van der Waals surface area contributed by atoms with Gasteiger partial charge in [0.1, 0.15) is 6.61 Å². The molecule has 0 saturated carbocycles. The minimum absolute atomic E-state index is 0.0635. The molecule has 1 aliphatic heterocycles. The van der Waals surface area contributed by atoms with Gasteiger partial charge >= 0.3 is 11.9 Å². The molecule has 1 aliphatic carbocycles. The lowest BCUT2D eigenvalue weighted by atomic mass is 9.71. The second kappa shape index (κ2) is 12.3. The van der Waals surface area contributed by atoms with E-state index < -0.39 is 17.9 Å². The van der Waals surface area contributed by atoms with Crippen LogP contribution >= 0.6 is 0 Å². The summed E-state index contributed by atoms with van der Waals surface area (Å²) in [6.45, 7) is 1.93. The first kappa shape index (κ1) is 28.7. The number of rotatable bonds is 8. The van der Waals surface area contributed by atoms with E-state index in [1.807, 2.05) is 55.5 Å². The van der Waals surface area contributed by atoms with Crippen molar-refractivity contribution in [2.45, 2.75) is 38.2 Å². The summed E-state index contributed by atoms with van der Waals surface area (Å²) >= 11 is 0. The fraction of sp³-hybridized carbons (Fsp3) is 0.265. The monoisotopic (exact) mass is 567 g/mol. The first-order chi connectivity index (χ1) is 20.3. The molecule has 1 heterocycles. The fourth-order valence-corrected chi connectivity index (χ4v) is 5.72. The lowest BCUT2D eigenvalue weighted by Gasteiger charge is -2.36. The zero-order valence-corrected chi connectivity index (χ0v) is 24.1. The normalized spacial score (nSPS) is 18.1. The van der Waals surface area contributed by atoms with Gasteiger partial charge in [0.25, 0.3) is 0 Å². The quantitative estimate of drug-likeness (QED) is 0.352. The molecule has 3 aromatic carbocycles. The van der Waals surface area contributed by atoms with Crippen molar-refractivity contribution in [3.63, 3.8) is 0 Å². The van der Waals surface area contributed by atoms with Crippen molar-refractivity contribution in [1.29, 1.82) is 0 Å². The Labute approximate surface area is 244 Å². The predicted molar refractivity (Wildman–Crippen MR) is 156 cm³/mol. The number of ether oxygens (including phenoxy) is 4. The maximum Gasteiger partial charge on any atom is 0.337 e. The average Bonchev–Trinajstić information content (AvgIpc) is 3.02. The van der Waals surface area contributed by atoms with Gasteiger partial charge < -0.3 is 24.3 Å². The summed E-state index contributed by atoms with van der Waals surface area (Å²) in [5, 5.41) is 3.37. The second-order valence-corrected chi connectivity index (χ2v) is 10.3. The van der Waals surface area contributed by atoms with E-state index in [0.717, 1.165) is 16.8 Å². The van der Waals surface area contributed by atoms with E-state index >= 15 is 0 Å². The van der Waals surface area contributed by atoms with Crippen LogP contribution in [0.1, 0.15) is 58.6 Å². The molecule has 0 unspecified atom stereocenters. The second-order valence-electron chi connectivity index (χ2n) is 10.3. The number of hydrogen-bond donors (Lipinski definition) is 1. The van der Waals surface area contributed by atoms with Crippen molar-refractivity contribution in [2.24, 2.45) is 0 Å². The van der Waals surface area contributed by atoms with E-state index in [0.29, 0.717) is 45.9 Å². The lowest BCUT2D eigenvalue weighted by Crippen LogP contribution is -2.36. The van der Waals surface area contributed by atoms with Gasteiger partial charge in [-0.05, 0) is 60.2 Å². The summed E-state index contributed by atoms with van der Waals surface area (Å²) < 4.78 is 21.5. The van der Waals surface area contributed by atoms with Crippen LogP contribution in [0.3, 0.4) is 0 Å². The molecule has 3 aromatic rings. The van der Waals surface area contributed by atoms with Gasteiger partial charge in [-0.25, -0.2) is 9.59 Å². The fourth-order valence-electron chi connectivity index (χ4n) is 5.72. The number of Topliss-reactive ketones (excluding diaryl/α,β-unsaturated/α-hetero) is 1. The Balaban J connectivity index is 1.52. The molecule has 2 aliphatic rings. The molecular formula is C34H33NO7. The van der Waals surface area contributed by atoms with Gasteiger partial charge in [0.15, 0.2) is 17.3 Å². The van der Waals surface area contributed by atoms with E-state index in [2.05, 4.69) is 5.32 Å². The number of carbonyl (C=O) groups is 3. The Morgan fingerprint density at radius 1 is 0.833 bits per heavy atom. The Kier molecular flexibility index (Phi) is 8.43. The van der Waals surface area contributed by atoms with Crippen molar-refractivity contribution < 1.29 is 33.3 Å². The van der Waals surface area contributed by atoms with E-state index in [1.165, 1.54) is 7.11 Å². The van der Waals surface area contributed by atoms with Crippen LogP contribution in [-0.2, 0) is 25.7 Å². The van der Waals surface area contributed by atoms with Crippen molar-refractivity contribution in [2.75, 3.05) is 21.3 Å². The van der Waals surface area contributed by atoms with Gasteiger partial charge in [-0.3, -0.25) is 4.79 Å². The van der Waals surface area contributed by atoms with Crippen molar-refractivity contribution in [3.8, 4) is 11.5 Å². The molecule has 8 heteroatoms. The third-order valence-electron chi connectivity index (χ3n) is 7.80. The highest BCUT2D eigenvalue weighted by Crippen LogP contribution is 2.46. The summed E-state index contributed by atoms with van der Waals surface area (Å²) in [5.41, 5.74) is 5.20. The summed E-state index contributed by atoms with van der Waals surface area (Å²) in [7, 11) is 4.49. The van der Waals surface area contributed by atoms with Crippen LogP contribution in [0.5, 0.6) is 11.5 Å². The number of carbonyl (C=O) groups excluding carboxylic acids is 3. The van der Waals surface area contributed by atoms with Crippen LogP contribution in [0.15, 0.2) is 95.3 Å². The maximum absolute atomic E-state index is 13.9. The van der Waals surface area contributed by atoms with Crippen LogP contribution in [0.25, 0.3) is 0 Å². The van der Waals surface area contributed by atoms with Crippen LogP contribution in [0.2, 0.25) is 0 Å². The average molecular weight is 568 g/mol. The summed E-state index contributed by atoms with van der Waals surface area (Å²) in [6, 6.07) is 21.9. The first-order valence-electron chi connectivity index (χ1n) is 13.7. The minimum Gasteiger partial charge on any atom is -0.493 e. The van der Waals surface area contributed by atoms with Gasteiger partial charge in [0.2, 0.25) is 0 Å². The number of hydrogen-bond acceptors (Lipinski definition) is 8. The number of ketones is 1. The van der Waals surface area contributed by atoms with Gasteiger partial charge in [0.05, 0.1) is 32.5 Å². The number of allylic oxidation sites excluding steroid dienone is 3. The molecule has 0 saturated heterocycles. The standard InChI is InChI=1S/C34H33NO7/c1-20-30(34(38)42-19-21-8-6-5-7-9-21)31(22-10-12-23(13-11-22)33(37)41-4)32-26(35-20)16-25(17-27(32)36)24-14-15-28(39-2)29(18-24)40-3/h5-15,18,25,31,35H,16-17,19H2,1-4H3/t25-,31-/m0/s1. The summed E-state index contributed by atoms with van der Waals surface area (Å²) in [6.07, 6.45) is 0.828. The Hall–Kier alpha value is -4.85. The van der Waals surface area contributed by atoms with Crippen molar-refractivity contribution >= 4 is 17.7 Å². The van der Waals surface area contributed by atoms with Gasteiger partial charge in [0, 0.05) is 29.3 Å². The third kappa shape index (κ3) is 5.65. The first-order valence-corrected chi connectivity index (χ1v) is 13.7. The SMILES string of the molecule is COC(=O)c1ccc([C@H]2C(C(=O)OCc3ccccc3)=C(C)NC3=C2C(=O)C[C@@H](c2ccc(OC)c(OC)c2)C3)cc1. The highest BCUT2D eigenvalue weighted by Gasteiger charge is 2.41. The van der Waals surface area contributed by atoms with Gasteiger partial charge in [-0.15, -0.1) is 0 Å². The molecule has 1 N–H and O–H groups in total. The van der Waals surface area contributed by atoms with Crippen molar-refractivity contribution in [1.82, 2.24) is 5.32 Å². The smallest absolute Gasteiger partial charge is 0.337 e. The largest absolute Gasteiger partial charge is 0.493 e. The highest BCUT2D eigenvalue weighted by atomic mass is 16.5. The number of benzene rings is 3. The van der Waals surface area contributed by atoms with Crippen molar-refractivity contribution in [3.05, 3.63) is 118 Å². The number of nitrogens with one attached hydrogen (secondary N) is 1.